The third-order valence-corrected chi connectivity index (χ3v) is 2.82. The van der Waals surface area contributed by atoms with E-state index < -0.39 is 0 Å². The van der Waals surface area contributed by atoms with Gasteiger partial charge in [-0.2, -0.15) is 5.10 Å². The normalized spacial score (nSPS) is 15.3. The van der Waals surface area contributed by atoms with Gasteiger partial charge in [0, 0.05) is 6.54 Å². The molecule has 1 heterocycles. The number of aliphatic hydroxyl groups excluding tert-OH is 1. The number of aliphatic hydroxyl groups is 1. The SMILES string of the molecule is CCCC(C)C(O)c1cc(C)nn1CC. The van der Waals surface area contributed by atoms with Gasteiger partial charge in [-0.1, -0.05) is 20.3 Å². The fourth-order valence-electron chi connectivity index (χ4n) is 1.96. The Balaban J connectivity index is 2.84. The molecule has 0 radical (unpaired) electrons. The fraction of sp³-hybridized carbons (Fsp3) is 0.750. The number of aryl methyl sites for hydroxylation is 2. The molecule has 3 nitrogen and oxygen atoms in total. The molecule has 1 aromatic heterocycles. The summed E-state index contributed by atoms with van der Waals surface area (Å²) in [5.41, 5.74) is 1.94. The Hall–Kier alpha value is -0.830. The van der Waals surface area contributed by atoms with Gasteiger partial charge in [0.2, 0.25) is 0 Å². The molecule has 2 unspecified atom stereocenters. The van der Waals surface area contributed by atoms with Crippen LogP contribution in [0.25, 0.3) is 0 Å². The van der Waals surface area contributed by atoms with Gasteiger partial charge in [0.25, 0.3) is 0 Å². The monoisotopic (exact) mass is 210 g/mol. The molecule has 0 amide bonds. The zero-order chi connectivity index (χ0) is 11.4. The first-order valence-corrected chi connectivity index (χ1v) is 5.82. The number of aromatic nitrogens is 2. The van der Waals surface area contributed by atoms with Crippen LogP contribution in [0.2, 0.25) is 0 Å². The van der Waals surface area contributed by atoms with E-state index in [0.29, 0.717) is 5.92 Å². The van der Waals surface area contributed by atoms with E-state index in [0.717, 1.165) is 30.8 Å². The van der Waals surface area contributed by atoms with Gasteiger partial charge in [0.15, 0.2) is 0 Å². The molecule has 1 aromatic rings. The summed E-state index contributed by atoms with van der Waals surface area (Å²) >= 11 is 0. The summed E-state index contributed by atoms with van der Waals surface area (Å²) in [6, 6.07) is 1.99. The highest BCUT2D eigenvalue weighted by molar-refractivity contribution is 5.12. The third-order valence-electron chi connectivity index (χ3n) is 2.82. The molecule has 0 aliphatic rings. The molecule has 0 bridgehead atoms. The van der Waals surface area contributed by atoms with Crippen molar-refractivity contribution >= 4 is 0 Å². The van der Waals surface area contributed by atoms with Crippen molar-refractivity contribution in [1.29, 1.82) is 0 Å². The van der Waals surface area contributed by atoms with E-state index >= 15 is 0 Å². The summed E-state index contributed by atoms with van der Waals surface area (Å²) in [5, 5.41) is 14.5. The number of rotatable bonds is 5. The second kappa shape index (κ2) is 5.31. The highest BCUT2D eigenvalue weighted by atomic mass is 16.3. The molecule has 1 rings (SSSR count). The zero-order valence-corrected chi connectivity index (χ0v) is 10.2. The van der Waals surface area contributed by atoms with Crippen LogP contribution in [-0.2, 0) is 6.54 Å². The lowest BCUT2D eigenvalue weighted by atomic mass is 9.97. The van der Waals surface area contributed by atoms with E-state index in [1.807, 2.05) is 24.6 Å². The third kappa shape index (κ3) is 2.81. The molecule has 0 aromatic carbocycles. The maximum absolute atomic E-state index is 10.2. The minimum absolute atomic E-state index is 0.302. The lowest BCUT2D eigenvalue weighted by molar-refractivity contribution is 0.103. The Labute approximate surface area is 92.1 Å². The number of nitrogens with zero attached hydrogens (tertiary/aromatic N) is 2. The van der Waals surface area contributed by atoms with E-state index in [9.17, 15) is 5.11 Å². The summed E-state index contributed by atoms with van der Waals surface area (Å²) in [4.78, 5) is 0. The molecule has 0 saturated carbocycles. The molecule has 2 atom stereocenters. The maximum Gasteiger partial charge on any atom is 0.0982 e. The molecule has 15 heavy (non-hydrogen) atoms. The van der Waals surface area contributed by atoms with Crippen LogP contribution < -0.4 is 0 Å². The van der Waals surface area contributed by atoms with Crippen molar-refractivity contribution in [3.05, 3.63) is 17.5 Å². The van der Waals surface area contributed by atoms with Gasteiger partial charge >= 0.3 is 0 Å². The van der Waals surface area contributed by atoms with Crippen molar-refractivity contribution in [2.75, 3.05) is 0 Å². The topological polar surface area (TPSA) is 38.1 Å². The van der Waals surface area contributed by atoms with Crippen LogP contribution in [0.3, 0.4) is 0 Å². The van der Waals surface area contributed by atoms with Crippen molar-refractivity contribution in [2.24, 2.45) is 5.92 Å². The predicted molar refractivity (Wildman–Crippen MR) is 61.7 cm³/mol. The summed E-state index contributed by atoms with van der Waals surface area (Å²) in [6.07, 6.45) is 1.78. The van der Waals surface area contributed by atoms with Gasteiger partial charge in [-0.05, 0) is 32.3 Å². The summed E-state index contributed by atoms with van der Waals surface area (Å²) in [6.45, 7) is 9.07. The first-order chi connectivity index (χ1) is 7.10. The lowest BCUT2D eigenvalue weighted by Crippen LogP contribution is -2.14. The second-order valence-electron chi connectivity index (χ2n) is 4.24. The molecule has 0 spiro atoms. The van der Waals surface area contributed by atoms with Gasteiger partial charge in [-0.15, -0.1) is 0 Å². The highest BCUT2D eigenvalue weighted by Crippen LogP contribution is 2.25. The summed E-state index contributed by atoms with van der Waals surface area (Å²) in [5.74, 6) is 0.302. The van der Waals surface area contributed by atoms with E-state index in [2.05, 4.69) is 18.9 Å². The largest absolute Gasteiger partial charge is 0.387 e. The van der Waals surface area contributed by atoms with E-state index in [-0.39, 0.29) is 6.10 Å². The fourth-order valence-corrected chi connectivity index (χ4v) is 1.96. The Bertz CT molecular complexity index is 307. The van der Waals surface area contributed by atoms with Crippen molar-refractivity contribution in [2.45, 2.75) is 53.2 Å². The summed E-state index contributed by atoms with van der Waals surface area (Å²) < 4.78 is 1.90. The molecule has 86 valence electrons. The summed E-state index contributed by atoms with van der Waals surface area (Å²) in [7, 11) is 0. The molecular formula is C12H22N2O. The average Bonchev–Trinajstić information content (AvgIpc) is 2.58. The van der Waals surface area contributed by atoms with Crippen LogP contribution in [-0.4, -0.2) is 14.9 Å². The van der Waals surface area contributed by atoms with Gasteiger partial charge < -0.3 is 5.11 Å². The van der Waals surface area contributed by atoms with Crippen molar-refractivity contribution in [1.82, 2.24) is 9.78 Å². The van der Waals surface area contributed by atoms with Crippen molar-refractivity contribution in [3.63, 3.8) is 0 Å². The van der Waals surface area contributed by atoms with E-state index in [1.165, 1.54) is 0 Å². The molecule has 3 heteroatoms. The van der Waals surface area contributed by atoms with Crippen LogP contribution in [0.5, 0.6) is 0 Å². The first-order valence-electron chi connectivity index (χ1n) is 5.82. The lowest BCUT2D eigenvalue weighted by Gasteiger charge is -2.18. The van der Waals surface area contributed by atoms with Crippen LogP contribution in [0, 0.1) is 12.8 Å². The van der Waals surface area contributed by atoms with Gasteiger partial charge in [0.05, 0.1) is 17.5 Å². The Kier molecular flexibility index (Phi) is 4.33. The smallest absolute Gasteiger partial charge is 0.0982 e. The van der Waals surface area contributed by atoms with E-state index in [1.54, 1.807) is 0 Å². The van der Waals surface area contributed by atoms with E-state index in [4.69, 9.17) is 0 Å². The maximum atomic E-state index is 10.2. The van der Waals surface area contributed by atoms with Crippen molar-refractivity contribution in [3.8, 4) is 0 Å². The van der Waals surface area contributed by atoms with Gasteiger partial charge in [-0.3, -0.25) is 4.68 Å². The molecule has 0 fully saturated rings. The van der Waals surface area contributed by atoms with Gasteiger partial charge in [0.1, 0.15) is 0 Å². The molecule has 0 saturated heterocycles. The predicted octanol–water partition coefficient (Wildman–Crippen LogP) is 2.68. The number of hydrogen-bond acceptors (Lipinski definition) is 2. The molecule has 1 N–H and O–H groups in total. The second-order valence-corrected chi connectivity index (χ2v) is 4.24. The Morgan fingerprint density at radius 1 is 1.47 bits per heavy atom. The van der Waals surface area contributed by atoms with Crippen LogP contribution in [0.4, 0.5) is 0 Å². The molecular weight excluding hydrogens is 188 g/mol. The first kappa shape index (κ1) is 12.2. The standard InChI is InChI=1S/C12H22N2O/c1-5-7-9(3)12(15)11-8-10(4)13-14(11)6-2/h8-9,12,15H,5-7H2,1-4H3. The van der Waals surface area contributed by atoms with Crippen molar-refractivity contribution < 1.29 is 5.11 Å². The number of hydrogen-bond donors (Lipinski definition) is 1. The Morgan fingerprint density at radius 3 is 2.67 bits per heavy atom. The highest BCUT2D eigenvalue weighted by Gasteiger charge is 2.19. The minimum Gasteiger partial charge on any atom is -0.387 e. The zero-order valence-electron chi connectivity index (χ0n) is 10.2. The molecule has 0 aliphatic carbocycles. The average molecular weight is 210 g/mol. The Morgan fingerprint density at radius 2 is 2.13 bits per heavy atom. The minimum atomic E-state index is -0.383. The van der Waals surface area contributed by atoms with Crippen LogP contribution >= 0.6 is 0 Å². The quantitative estimate of drug-likeness (QED) is 0.811. The van der Waals surface area contributed by atoms with Crippen LogP contribution in [0.15, 0.2) is 6.07 Å². The van der Waals surface area contributed by atoms with Gasteiger partial charge in [-0.25, -0.2) is 0 Å². The molecule has 0 aliphatic heterocycles. The van der Waals surface area contributed by atoms with Crippen LogP contribution in [0.1, 0.15) is 51.1 Å².